The van der Waals surface area contributed by atoms with E-state index in [9.17, 15) is 0 Å². The third kappa shape index (κ3) is 2.14. The molecule has 1 aromatic carbocycles. The Labute approximate surface area is 107 Å². The summed E-state index contributed by atoms with van der Waals surface area (Å²) in [6, 6.07) is 4.46. The quantitative estimate of drug-likeness (QED) is 0.687. The van der Waals surface area contributed by atoms with Gasteiger partial charge >= 0.3 is 0 Å². The Bertz CT molecular complexity index is 570. The lowest BCUT2D eigenvalue weighted by molar-refractivity contribution is 0.595. The Morgan fingerprint density at radius 2 is 2.00 bits per heavy atom. The number of hydrogen-bond donors (Lipinski definition) is 0. The summed E-state index contributed by atoms with van der Waals surface area (Å²) in [5, 5.41) is 0. The maximum atomic E-state index is 4.55. The summed E-state index contributed by atoms with van der Waals surface area (Å²) in [6.45, 7) is 11.0. The third-order valence-electron chi connectivity index (χ3n) is 3.15. The molecular weight excluding hydrogens is 226 g/mol. The Morgan fingerprint density at radius 3 is 2.59 bits per heavy atom. The van der Waals surface area contributed by atoms with Crippen LogP contribution in [0.5, 0.6) is 0 Å². The van der Waals surface area contributed by atoms with E-state index in [0.717, 1.165) is 0 Å². The Morgan fingerprint density at radius 1 is 1.29 bits per heavy atom. The monoisotopic (exact) mass is 245 g/mol. The molecule has 0 aliphatic heterocycles. The fraction of sp³-hybridized carbons (Fsp3) is 0.400. The zero-order chi connectivity index (χ0) is 12.6. The average Bonchev–Trinajstić information content (AvgIpc) is 2.73. The van der Waals surface area contributed by atoms with Crippen LogP contribution < -0.4 is 0 Å². The molecule has 0 fully saturated rings. The van der Waals surface area contributed by atoms with Crippen molar-refractivity contribution >= 4 is 27.1 Å². The topological polar surface area (TPSA) is 12.9 Å². The smallest absolute Gasteiger partial charge is 0.0855 e. The number of hydrogen-bond acceptors (Lipinski definition) is 2. The second-order valence-corrected chi connectivity index (χ2v) is 6.27. The first-order valence-corrected chi connectivity index (χ1v) is 6.83. The van der Waals surface area contributed by atoms with E-state index in [4.69, 9.17) is 0 Å². The predicted octanol–water partition coefficient (Wildman–Crippen LogP) is 5.02. The van der Waals surface area contributed by atoms with Crippen molar-refractivity contribution in [3.8, 4) is 0 Å². The maximum Gasteiger partial charge on any atom is 0.0855 e. The van der Waals surface area contributed by atoms with Gasteiger partial charge in [-0.05, 0) is 36.0 Å². The number of aromatic nitrogens is 1. The van der Waals surface area contributed by atoms with Gasteiger partial charge in [0.25, 0.3) is 0 Å². The van der Waals surface area contributed by atoms with Crippen molar-refractivity contribution in [3.63, 3.8) is 0 Å². The van der Waals surface area contributed by atoms with Gasteiger partial charge in [0.05, 0.1) is 15.7 Å². The van der Waals surface area contributed by atoms with Crippen LogP contribution in [-0.4, -0.2) is 4.98 Å². The first kappa shape index (κ1) is 12.3. The van der Waals surface area contributed by atoms with Crippen molar-refractivity contribution in [2.24, 2.45) is 0 Å². The number of thiazole rings is 1. The van der Waals surface area contributed by atoms with Crippen molar-refractivity contribution in [2.45, 2.75) is 40.0 Å². The molecule has 1 nitrogen and oxygen atoms in total. The molecule has 0 bridgehead atoms. The Hall–Kier alpha value is -1.15. The summed E-state index contributed by atoms with van der Waals surface area (Å²) < 4.78 is 1.31. The molecule has 2 heteroatoms. The fourth-order valence-corrected chi connectivity index (χ4v) is 2.92. The summed E-state index contributed by atoms with van der Waals surface area (Å²) in [4.78, 5) is 4.55. The highest BCUT2D eigenvalue weighted by Crippen LogP contribution is 2.35. The van der Waals surface area contributed by atoms with Crippen molar-refractivity contribution in [3.05, 3.63) is 34.8 Å². The largest absolute Gasteiger partial charge is 0.244 e. The number of fused-ring (bicyclic) bond motifs is 1. The number of benzene rings is 1. The zero-order valence-electron chi connectivity index (χ0n) is 11.2. The lowest BCUT2D eigenvalue weighted by Crippen LogP contribution is -2.11. The SMILES string of the molecule is CC=C(C)c1ccc(C(C)(C)C)c2ncsc12. The summed E-state index contributed by atoms with van der Waals surface area (Å²) in [5.74, 6) is 0. The molecule has 0 unspecified atom stereocenters. The molecule has 0 saturated heterocycles. The van der Waals surface area contributed by atoms with Crippen LogP contribution in [0, 0.1) is 0 Å². The van der Waals surface area contributed by atoms with E-state index in [0.29, 0.717) is 0 Å². The van der Waals surface area contributed by atoms with Gasteiger partial charge in [-0.3, -0.25) is 0 Å². The van der Waals surface area contributed by atoms with Crippen molar-refractivity contribution < 1.29 is 0 Å². The van der Waals surface area contributed by atoms with Gasteiger partial charge in [0.15, 0.2) is 0 Å². The van der Waals surface area contributed by atoms with Crippen LogP contribution in [0.15, 0.2) is 23.7 Å². The molecule has 90 valence electrons. The van der Waals surface area contributed by atoms with Crippen LogP contribution >= 0.6 is 11.3 Å². The van der Waals surface area contributed by atoms with E-state index in [1.54, 1.807) is 11.3 Å². The molecule has 17 heavy (non-hydrogen) atoms. The van der Waals surface area contributed by atoms with E-state index in [1.807, 2.05) is 5.51 Å². The van der Waals surface area contributed by atoms with Gasteiger partial charge in [0.1, 0.15) is 0 Å². The third-order valence-corrected chi connectivity index (χ3v) is 4.01. The summed E-state index contributed by atoms with van der Waals surface area (Å²) >= 11 is 1.74. The maximum absolute atomic E-state index is 4.55. The minimum Gasteiger partial charge on any atom is -0.244 e. The highest BCUT2D eigenvalue weighted by molar-refractivity contribution is 7.17. The lowest BCUT2D eigenvalue weighted by atomic mass is 9.85. The van der Waals surface area contributed by atoms with Crippen LogP contribution in [0.25, 0.3) is 15.8 Å². The second-order valence-electron chi connectivity index (χ2n) is 5.41. The second kappa shape index (κ2) is 4.26. The average molecular weight is 245 g/mol. The lowest BCUT2D eigenvalue weighted by Gasteiger charge is -2.20. The number of rotatable bonds is 1. The minimum absolute atomic E-state index is 0.148. The zero-order valence-corrected chi connectivity index (χ0v) is 12.0. The minimum atomic E-state index is 0.148. The van der Waals surface area contributed by atoms with E-state index >= 15 is 0 Å². The highest BCUT2D eigenvalue weighted by Gasteiger charge is 2.19. The Balaban J connectivity index is 2.76. The summed E-state index contributed by atoms with van der Waals surface area (Å²) in [6.07, 6.45) is 2.16. The van der Waals surface area contributed by atoms with Gasteiger partial charge in [0.2, 0.25) is 0 Å². The van der Waals surface area contributed by atoms with Gasteiger partial charge in [0, 0.05) is 0 Å². The molecule has 0 aliphatic rings. The van der Waals surface area contributed by atoms with Crippen LogP contribution in [0.4, 0.5) is 0 Å². The highest BCUT2D eigenvalue weighted by atomic mass is 32.1. The van der Waals surface area contributed by atoms with Gasteiger partial charge in [-0.25, -0.2) is 4.98 Å². The van der Waals surface area contributed by atoms with Crippen molar-refractivity contribution in [1.29, 1.82) is 0 Å². The molecule has 2 aromatic rings. The van der Waals surface area contributed by atoms with Crippen LogP contribution in [-0.2, 0) is 5.41 Å². The first-order valence-electron chi connectivity index (χ1n) is 5.95. The van der Waals surface area contributed by atoms with E-state index in [2.05, 4.69) is 57.8 Å². The van der Waals surface area contributed by atoms with Gasteiger partial charge in [-0.2, -0.15) is 0 Å². The van der Waals surface area contributed by atoms with Crippen molar-refractivity contribution in [2.75, 3.05) is 0 Å². The first-order chi connectivity index (χ1) is 7.95. The molecular formula is C15H19NS. The normalized spacial score (nSPS) is 13.4. The molecule has 0 N–H and O–H groups in total. The number of nitrogens with zero attached hydrogens (tertiary/aromatic N) is 1. The van der Waals surface area contributed by atoms with E-state index in [-0.39, 0.29) is 5.41 Å². The van der Waals surface area contributed by atoms with Crippen LogP contribution in [0.1, 0.15) is 45.7 Å². The molecule has 0 saturated carbocycles. The van der Waals surface area contributed by atoms with Gasteiger partial charge < -0.3 is 0 Å². The molecule has 0 amide bonds. The Kier molecular flexibility index (Phi) is 3.09. The number of allylic oxidation sites excluding steroid dienone is 2. The van der Waals surface area contributed by atoms with Crippen molar-refractivity contribution in [1.82, 2.24) is 4.98 Å². The molecule has 1 aromatic heterocycles. The van der Waals surface area contributed by atoms with Crippen LogP contribution in [0.3, 0.4) is 0 Å². The van der Waals surface area contributed by atoms with Crippen LogP contribution in [0.2, 0.25) is 0 Å². The van der Waals surface area contributed by atoms with Gasteiger partial charge in [-0.15, -0.1) is 11.3 Å². The fourth-order valence-electron chi connectivity index (χ4n) is 2.02. The molecule has 0 spiro atoms. The summed E-state index contributed by atoms with van der Waals surface area (Å²) in [5.41, 5.74) is 7.24. The molecule has 2 rings (SSSR count). The molecule has 0 aliphatic carbocycles. The predicted molar refractivity (Wildman–Crippen MR) is 77.6 cm³/mol. The molecule has 1 heterocycles. The molecule has 0 radical (unpaired) electrons. The standard InChI is InChI=1S/C15H19NS/c1-6-10(2)11-7-8-12(15(3,4)5)13-14(11)17-9-16-13/h6-9H,1-5H3. The summed E-state index contributed by atoms with van der Waals surface area (Å²) in [7, 11) is 0. The van der Waals surface area contributed by atoms with E-state index < -0.39 is 0 Å². The molecule has 0 atom stereocenters. The van der Waals surface area contributed by atoms with Gasteiger partial charge in [-0.1, -0.05) is 39.0 Å². The van der Waals surface area contributed by atoms with E-state index in [1.165, 1.54) is 26.9 Å².